The Balaban J connectivity index is 1.95. The molecular weight excluding hydrogens is 559 g/mol. The third-order valence-corrected chi connectivity index (χ3v) is 5.92. The molecule has 0 atom stereocenters. The molecule has 1 fully saturated rings. The molecule has 0 radical (unpaired) electrons. The Bertz CT molecular complexity index is 1150. The van der Waals surface area contributed by atoms with Crippen LogP contribution in [-0.2, 0) is 25.5 Å². The number of carbonyl (C=O) groups is 3. The first-order valence-corrected chi connectivity index (χ1v) is 11.3. The number of rotatable bonds is 7. The first-order chi connectivity index (χ1) is 15.8. The number of hydrogen-bond acceptors (Lipinski definition) is 7. The second-order valence-electron chi connectivity index (χ2n) is 6.88. The summed E-state index contributed by atoms with van der Waals surface area (Å²) in [4.78, 5) is 38.5. The lowest BCUT2D eigenvalue weighted by Gasteiger charge is -2.29. The van der Waals surface area contributed by atoms with Gasteiger partial charge in [0.2, 0.25) is 0 Å². The standard InChI is InChI=1S/C23H21IN2O6S/c1-4-13-5-7-15(8-6-13)26-22(29)16(21(28)25-23(26)33)9-14-10-17(24)20(18(11-14)30-2)32-12-19(27)31-3/h5-11H,4,12H2,1-3H3,(H,25,28,33)/b16-9+. The van der Waals surface area contributed by atoms with Crippen LogP contribution in [0.3, 0.4) is 0 Å². The number of anilines is 1. The number of carbonyl (C=O) groups excluding carboxylic acids is 3. The Morgan fingerprint density at radius 2 is 1.88 bits per heavy atom. The second-order valence-corrected chi connectivity index (χ2v) is 8.43. The van der Waals surface area contributed by atoms with Gasteiger partial charge in [-0.25, -0.2) is 4.79 Å². The maximum atomic E-state index is 13.2. The molecule has 0 aromatic heterocycles. The summed E-state index contributed by atoms with van der Waals surface area (Å²) in [5.41, 5.74) is 2.13. The zero-order valence-electron chi connectivity index (χ0n) is 18.1. The fraction of sp³-hybridized carbons (Fsp3) is 0.217. The van der Waals surface area contributed by atoms with Crippen LogP contribution in [0.15, 0.2) is 42.0 Å². The molecule has 1 aliphatic rings. The lowest BCUT2D eigenvalue weighted by Crippen LogP contribution is -2.54. The molecule has 10 heteroatoms. The van der Waals surface area contributed by atoms with E-state index in [-0.39, 0.29) is 17.3 Å². The van der Waals surface area contributed by atoms with E-state index in [1.807, 2.05) is 41.6 Å². The van der Waals surface area contributed by atoms with Gasteiger partial charge in [-0.2, -0.15) is 0 Å². The molecule has 2 aromatic carbocycles. The van der Waals surface area contributed by atoms with Gasteiger partial charge in [0, 0.05) is 0 Å². The number of aryl methyl sites for hydroxylation is 1. The normalized spacial score (nSPS) is 14.8. The molecule has 0 saturated carbocycles. The van der Waals surface area contributed by atoms with E-state index < -0.39 is 17.8 Å². The van der Waals surface area contributed by atoms with Gasteiger partial charge in [0.1, 0.15) is 5.57 Å². The summed E-state index contributed by atoms with van der Waals surface area (Å²) in [5, 5.41) is 2.59. The van der Waals surface area contributed by atoms with Crippen molar-refractivity contribution in [1.82, 2.24) is 5.32 Å². The number of esters is 1. The molecule has 0 aliphatic carbocycles. The average molecular weight is 580 g/mol. The number of methoxy groups -OCH3 is 2. The molecule has 1 saturated heterocycles. The van der Waals surface area contributed by atoms with Crippen molar-refractivity contribution >= 4 is 69.5 Å². The molecule has 2 amide bonds. The predicted octanol–water partition coefficient (Wildman–Crippen LogP) is 3.25. The third-order valence-electron chi connectivity index (χ3n) is 4.83. The quantitative estimate of drug-likeness (QED) is 0.177. The van der Waals surface area contributed by atoms with Crippen molar-refractivity contribution < 1.29 is 28.6 Å². The van der Waals surface area contributed by atoms with E-state index in [4.69, 9.17) is 21.7 Å². The van der Waals surface area contributed by atoms with Crippen molar-refractivity contribution in [2.45, 2.75) is 13.3 Å². The molecule has 1 heterocycles. The second kappa shape index (κ2) is 10.8. The van der Waals surface area contributed by atoms with Crippen molar-refractivity contribution in [2.75, 3.05) is 25.7 Å². The Hall–Kier alpha value is -2.99. The summed E-state index contributed by atoms with van der Waals surface area (Å²) < 4.78 is 16.1. The molecule has 0 bridgehead atoms. The van der Waals surface area contributed by atoms with E-state index in [0.717, 1.165) is 12.0 Å². The lowest BCUT2D eigenvalue weighted by atomic mass is 10.1. The van der Waals surface area contributed by atoms with Crippen LogP contribution in [0.5, 0.6) is 11.5 Å². The summed E-state index contributed by atoms with van der Waals surface area (Å²) in [7, 11) is 2.72. The van der Waals surface area contributed by atoms with Gasteiger partial charge >= 0.3 is 5.97 Å². The van der Waals surface area contributed by atoms with E-state index in [1.165, 1.54) is 25.2 Å². The molecule has 8 nitrogen and oxygen atoms in total. The summed E-state index contributed by atoms with van der Waals surface area (Å²) in [5.74, 6) is -0.973. The molecule has 1 N–H and O–H groups in total. The number of amides is 2. The average Bonchev–Trinajstić information content (AvgIpc) is 2.80. The summed E-state index contributed by atoms with van der Waals surface area (Å²) in [6.07, 6.45) is 2.32. The molecule has 1 aliphatic heterocycles. The van der Waals surface area contributed by atoms with Gasteiger partial charge in [-0.1, -0.05) is 19.1 Å². The van der Waals surface area contributed by atoms with Crippen molar-refractivity contribution in [3.63, 3.8) is 0 Å². The Labute approximate surface area is 210 Å². The van der Waals surface area contributed by atoms with Crippen LogP contribution in [0.4, 0.5) is 5.69 Å². The highest BCUT2D eigenvalue weighted by atomic mass is 127. The Morgan fingerprint density at radius 3 is 2.48 bits per heavy atom. The smallest absolute Gasteiger partial charge is 0.343 e. The van der Waals surface area contributed by atoms with E-state index in [9.17, 15) is 14.4 Å². The van der Waals surface area contributed by atoms with Gasteiger partial charge < -0.3 is 14.2 Å². The number of thiocarbonyl (C=S) groups is 1. The van der Waals surface area contributed by atoms with E-state index >= 15 is 0 Å². The van der Waals surface area contributed by atoms with Gasteiger partial charge in [0.05, 0.1) is 23.5 Å². The van der Waals surface area contributed by atoms with Crippen LogP contribution in [0.1, 0.15) is 18.1 Å². The molecule has 0 spiro atoms. The van der Waals surface area contributed by atoms with Crippen LogP contribution in [0.25, 0.3) is 6.08 Å². The number of halogens is 1. The first kappa shape index (κ1) is 24.6. The number of nitrogens with zero attached hydrogens (tertiary/aromatic N) is 1. The number of ether oxygens (including phenoxy) is 3. The highest BCUT2D eigenvalue weighted by Gasteiger charge is 2.34. The highest BCUT2D eigenvalue weighted by Crippen LogP contribution is 2.35. The molecule has 3 rings (SSSR count). The minimum atomic E-state index is -0.591. The fourth-order valence-corrected chi connectivity index (χ4v) is 4.15. The summed E-state index contributed by atoms with van der Waals surface area (Å²) in [6, 6.07) is 10.7. The van der Waals surface area contributed by atoms with Crippen LogP contribution < -0.4 is 19.7 Å². The van der Waals surface area contributed by atoms with E-state index in [0.29, 0.717) is 26.3 Å². The Morgan fingerprint density at radius 1 is 1.18 bits per heavy atom. The predicted molar refractivity (Wildman–Crippen MR) is 135 cm³/mol. The zero-order valence-corrected chi connectivity index (χ0v) is 21.1. The molecule has 172 valence electrons. The largest absolute Gasteiger partial charge is 0.493 e. The van der Waals surface area contributed by atoms with Crippen molar-refractivity contribution in [1.29, 1.82) is 0 Å². The summed E-state index contributed by atoms with van der Waals surface area (Å²) in [6.45, 7) is 1.75. The lowest BCUT2D eigenvalue weighted by molar-refractivity contribution is -0.143. The minimum Gasteiger partial charge on any atom is -0.493 e. The van der Waals surface area contributed by atoms with Gasteiger partial charge in [0.25, 0.3) is 11.8 Å². The maximum absolute atomic E-state index is 13.2. The third kappa shape index (κ3) is 5.50. The van der Waals surface area contributed by atoms with E-state index in [2.05, 4.69) is 10.1 Å². The molecule has 0 unspecified atom stereocenters. The van der Waals surface area contributed by atoms with Crippen molar-refractivity contribution in [3.05, 3.63) is 56.7 Å². The Kier molecular flexibility index (Phi) is 8.03. The highest BCUT2D eigenvalue weighted by molar-refractivity contribution is 14.1. The molecule has 2 aromatic rings. The number of hydrogen-bond donors (Lipinski definition) is 1. The van der Waals surface area contributed by atoms with Crippen LogP contribution in [0.2, 0.25) is 0 Å². The first-order valence-electron chi connectivity index (χ1n) is 9.86. The SMILES string of the molecule is CCc1ccc(N2C(=O)/C(=C/c3cc(I)c(OCC(=O)OC)c(OC)c3)C(=O)NC2=S)cc1. The van der Waals surface area contributed by atoms with Crippen LogP contribution in [-0.4, -0.2) is 43.7 Å². The van der Waals surface area contributed by atoms with Gasteiger partial charge in [-0.3, -0.25) is 19.8 Å². The molecular formula is C23H21IN2O6S. The number of benzene rings is 2. The number of nitrogens with one attached hydrogen (secondary N) is 1. The van der Waals surface area contributed by atoms with Crippen LogP contribution >= 0.6 is 34.8 Å². The topological polar surface area (TPSA) is 94.2 Å². The van der Waals surface area contributed by atoms with Crippen molar-refractivity contribution in [2.24, 2.45) is 0 Å². The fourth-order valence-electron chi connectivity index (χ4n) is 3.09. The van der Waals surface area contributed by atoms with Gasteiger partial charge in [-0.15, -0.1) is 0 Å². The molecule has 33 heavy (non-hydrogen) atoms. The van der Waals surface area contributed by atoms with Crippen LogP contribution in [0, 0.1) is 3.57 Å². The van der Waals surface area contributed by atoms with Gasteiger partial charge in [0.15, 0.2) is 23.2 Å². The van der Waals surface area contributed by atoms with Gasteiger partial charge in [-0.05, 0) is 82.7 Å². The monoisotopic (exact) mass is 580 g/mol. The van der Waals surface area contributed by atoms with Crippen molar-refractivity contribution in [3.8, 4) is 11.5 Å². The summed E-state index contributed by atoms with van der Waals surface area (Å²) >= 11 is 7.27. The maximum Gasteiger partial charge on any atom is 0.343 e. The minimum absolute atomic E-state index is 0.0186. The van der Waals surface area contributed by atoms with E-state index in [1.54, 1.807) is 24.3 Å². The zero-order chi connectivity index (χ0) is 24.1.